The summed E-state index contributed by atoms with van der Waals surface area (Å²) in [6.07, 6.45) is 0.161. The number of hydrogen-bond acceptors (Lipinski definition) is 4. The molecule has 0 fully saturated rings. The van der Waals surface area contributed by atoms with E-state index in [0.717, 1.165) is 0 Å². The molecule has 0 aromatic heterocycles. The van der Waals surface area contributed by atoms with Crippen molar-refractivity contribution in [3.63, 3.8) is 0 Å². The standard InChI is InChI=1S/C12H24N2O3/c1-8(2)10(13)11(16)14-7-6-9(15)17-12(3,4)5/h8,10H,6-7,13H2,1-5H3,(H,14,16). The van der Waals surface area contributed by atoms with Crippen LogP contribution in [0.15, 0.2) is 0 Å². The molecule has 0 aliphatic carbocycles. The van der Waals surface area contributed by atoms with Crippen LogP contribution in [0.1, 0.15) is 41.0 Å². The predicted octanol–water partition coefficient (Wildman–Crippen LogP) is 0.818. The highest BCUT2D eigenvalue weighted by molar-refractivity contribution is 5.82. The zero-order valence-corrected chi connectivity index (χ0v) is 11.4. The number of rotatable bonds is 5. The van der Waals surface area contributed by atoms with E-state index >= 15 is 0 Å². The lowest BCUT2D eigenvalue weighted by molar-refractivity contribution is -0.154. The second-order valence-electron chi connectivity index (χ2n) is 5.40. The van der Waals surface area contributed by atoms with Crippen LogP contribution >= 0.6 is 0 Å². The zero-order valence-electron chi connectivity index (χ0n) is 11.4. The molecule has 0 aliphatic heterocycles. The number of hydrogen-bond donors (Lipinski definition) is 2. The molecule has 5 nitrogen and oxygen atoms in total. The fourth-order valence-corrected chi connectivity index (χ4v) is 1.10. The van der Waals surface area contributed by atoms with Crippen molar-refractivity contribution < 1.29 is 14.3 Å². The maximum absolute atomic E-state index is 11.5. The van der Waals surface area contributed by atoms with Crippen LogP contribution in [0.25, 0.3) is 0 Å². The first-order chi connectivity index (χ1) is 7.63. The highest BCUT2D eigenvalue weighted by Gasteiger charge is 2.18. The third-order valence-electron chi connectivity index (χ3n) is 2.07. The molecule has 1 atom stereocenters. The van der Waals surface area contributed by atoms with Crippen LogP contribution in [0, 0.1) is 5.92 Å². The fraction of sp³-hybridized carbons (Fsp3) is 0.833. The van der Waals surface area contributed by atoms with Crippen LogP contribution < -0.4 is 11.1 Å². The number of carbonyl (C=O) groups excluding carboxylic acids is 2. The molecule has 0 aromatic rings. The monoisotopic (exact) mass is 244 g/mol. The Balaban J connectivity index is 3.85. The third kappa shape index (κ3) is 7.74. The van der Waals surface area contributed by atoms with E-state index in [1.165, 1.54) is 0 Å². The summed E-state index contributed by atoms with van der Waals surface area (Å²) in [6, 6.07) is -0.534. The molecule has 100 valence electrons. The molecule has 0 aliphatic rings. The smallest absolute Gasteiger partial charge is 0.308 e. The van der Waals surface area contributed by atoms with Crippen molar-refractivity contribution in [2.75, 3.05) is 6.54 Å². The Labute approximate surface area is 103 Å². The van der Waals surface area contributed by atoms with Crippen LogP contribution in [0.3, 0.4) is 0 Å². The van der Waals surface area contributed by atoms with Gasteiger partial charge in [0.05, 0.1) is 12.5 Å². The topological polar surface area (TPSA) is 81.4 Å². The highest BCUT2D eigenvalue weighted by Crippen LogP contribution is 2.07. The summed E-state index contributed by atoms with van der Waals surface area (Å²) in [4.78, 5) is 22.8. The van der Waals surface area contributed by atoms with Gasteiger partial charge in [-0.25, -0.2) is 0 Å². The Hall–Kier alpha value is -1.10. The molecule has 0 saturated heterocycles. The molecule has 17 heavy (non-hydrogen) atoms. The number of ether oxygens (including phenoxy) is 1. The van der Waals surface area contributed by atoms with E-state index in [9.17, 15) is 9.59 Å². The lowest BCUT2D eigenvalue weighted by Crippen LogP contribution is -2.44. The molecule has 0 spiro atoms. The van der Waals surface area contributed by atoms with Gasteiger partial charge in [0.1, 0.15) is 5.60 Å². The van der Waals surface area contributed by atoms with Crippen molar-refractivity contribution >= 4 is 11.9 Å². The van der Waals surface area contributed by atoms with Gasteiger partial charge in [-0.3, -0.25) is 9.59 Å². The summed E-state index contributed by atoms with van der Waals surface area (Å²) < 4.78 is 5.11. The van der Waals surface area contributed by atoms with Gasteiger partial charge in [-0.05, 0) is 26.7 Å². The van der Waals surface area contributed by atoms with E-state index in [1.807, 2.05) is 13.8 Å². The van der Waals surface area contributed by atoms with Gasteiger partial charge in [0, 0.05) is 6.54 Å². The molecule has 0 saturated carbocycles. The second-order valence-corrected chi connectivity index (χ2v) is 5.40. The Kier molecular flexibility index (Phi) is 6.16. The SMILES string of the molecule is CC(C)C(N)C(=O)NCCC(=O)OC(C)(C)C. The Morgan fingerprint density at radius 2 is 1.82 bits per heavy atom. The van der Waals surface area contributed by atoms with E-state index in [-0.39, 0.29) is 30.8 Å². The van der Waals surface area contributed by atoms with E-state index in [0.29, 0.717) is 0 Å². The summed E-state index contributed by atoms with van der Waals surface area (Å²) in [7, 11) is 0. The molecule has 0 heterocycles. The third-order valence-corrected chi connectivity index (χ3v) is 2.07. The number of amides is 1. The van der Waals surface area contributed by atoms with Crippen LogP contribution in [0.2, 0.25) is 0 Å². The van der Waals surface area contributed by atoms with E-state index in [4.69, 9.17) is 10.5 Å². The molecule has 3 N–H and O–H groups in total. The van der Waals surface area contributed by atoms with Crippen molar-refractivity contribution in [3.05, 3.63) is 0 Å². The second kappa shape index (κ2) is 6.59. The Bertz CT molecular complexity index is 269. The summed E-state index contributed by atoms with van der Waals surface area (Å²) in [5.41, 5.74) is 5.16. The van der Waals surface area contributed by atoms with Gasteiger partial charge in [-0.1, -0.05) is 13.8 Å². The first-order valence-corrected chi connectivity index (χ1v) is 5.88. The molecule has 0 bridgehead atoms. The minimum Gasteiger partial charge on any atom is -0.460 e. The van der Waals surface area contributed by atoms with Crippen LogP contribution in [0.4, 0.5) is 0 Å². The number of nitrogens with one attached hydrogen (secondary N) is 1. The lowest BCUT2D eigenvalue weighted by atomic mass is 10.1. The van der Waals surface area contributed by atoms with E-state index < -0.39 is 11.6 Å². The lowest BCUT2D eigenvalue weighted by Gasteiger charge is -2.20. The van der Waals surface area contributed by atoms with E-state index in [1.54, 1.807) is 20.8 Å². The maximum Gasteiger partial charge on any atom is 0.308 e. The van der Waals surface area contributed by atoms with Gasteiger partial charge < -0.3 is 15.8 Å². The predicted molar refractivity (Wildman–Crippen MR) is 66.3 cm³/mol. The minimum atomic E-state index is -0.534. The van der Waals surface area contributed by atoms with Gasteiger partial charge in [-0.15, -0.1) is 0 Å². The summed E-state index contributed by atoms with van der Waals surface area (Å²) in [5.74, 6) is -0.476. The molecule has 5 heteroatoms. The van der Waals surface area contributed by atoms with Crippen molar-refractivity contribution in [1.82, 2.24) is 5.32 Å². The number of carbonyl (C=O) groups is 2. The van der Waals surface area contributed by atoms with E-state index in [2.05, 4.69) is 5.32 Å². The average molecular weight is 244 g/mol. The molecule has 0 aromatic carbocycles. The van der Waals surface area contributed by atoms with Crippen molar-refractivity contribution in [2.45, 2.75) is 52.7 Å². The first-order valence-electron chi connectivity index (χ1n) is 5.88. The average Bonchev–Trinajstić information content (AvgIpc) is 2.13. The Morgan fingerprint density at radius 3 is 2.24 bits per heavy atom. The van der Waals surface area contributed by atoms with Gasteiger partial charge in [-0.2, -0.15) is 0 Å². The zero-order chi connectivity index (χ0) is 13.6. The number of esters is 1. The minimum absolute atomic E-state index is 0.0801. The van der Waals surface area contributed by atoms with Crippen molar-refractivity contribution in [2.24, 2.45) is 11.7 Å². The molecule has 0 rings (SSSR count). The summed E-state index contributed by atoms with van der Waals surface area (Å²) >= 11 is 0. The quantitative estimate of drug-likeness (QED) is 0.701. The van der Waals surface area contributed by atoms with Crippen LogP contribution in [0.5, 0.6) is 0 Å². The fourth-order valence-electron chi connectivity index (χ4n) is 1.10. The van der Waals surface area contributed by atoms with Crippen molar-refractivity contribution in [1.29, 1.82) is 0 Å². The van der Waals surface area contributed by atoms with Crippen molar-refractivity contribution in [3.8, 4) is 0 Å². The van der Waals surface area contributed by atoms with Gasteiger partial charge in [0.15, 0.2) is 0 Å². The molecular formula is C12H24N2O3. The normalized spacial score (nSPS) is 13.4. The molecule has 1 amide bonds. The van der Waals surface area contributed by atoms with Crippen LogP contribution in [-0.4, -0.2) is 30.1 Å². The van der Waals surface area contributed by atoms with Gasteiger partial charge in [0.2, 0.25) is 5.91 Å². The molecule has 0 radical (unpaired) electrons. The first kappa shape index (κ1) is 15.9. The summed E-state index contributed by atoms with van der Waals surface area (Å²) in [6.45, 7) is 9.42. The molecule has 1 unspecified atom stereocenters. The molecular weight excluding hydrogens is 220 g/mol. The number of nitrogens with two attached hydrogens (primary N) is 1. The Morgan fingerprint density at radius 1 is 1.29 bits per heavy atom. The summed E-state index contributed by atoms with van der Waals surface area (Å²) in [5, 5.41) is 2.62. The van der Waals surface area contributed by atoms with Crippen LogP contribution in [-0.2, 0) is 14.3 Å². The highest BCUT2D eigenvalue weighted by atomic mass is 16.6. The largest absolute Gasteiger partial charge is 0.460 e. The van der Waals surface area contributed by atoms with Gasteiger partial charge >= 0.3 is 5.97 Å². The maximum atomic E-state index is 11.5. The van der Waals surface area contributed by atoms with Gasteiger partial charge in [0.25, 0.3) is 0 Å².